The van der Waals surface area contributed by atoms with Crippen LogP contribution in [0.4, 0.5) is 0 Å². The number of thiophene rings is 1. The Morgan fingerprint density at radius 3 is 2.62 bits per heavy atom. The van der Waals surface area contributed by atoms with Gasteiger partial charge in [-0.1, -0.05) is 19.3 Å². The van der Waals surface area contributed by atoms with Crippen LogP contribution in [0.1, 0.15) is 50.5 Å². The Labute approximate surface area is 131 Å². The maximum Gasteiger partial charge on any atom is 0.250 e. The molecule has 2 aliphatic carbocycles. The molecule has 0 atom stereocenters. The summed E-state index contributed by atoms with van der Waals surface area (Å²) < 4.78 is 27.9. The van der Waals surface area contributed by atoms with Gasteiger partial charge in [0.05, 0.1) is 0 Å². The largest absolute Gasteiger partial charge is 0.310 e. The summed E-state index contributed by atoms with van der Waals surface area (Å²) in [5, 5.41) is 5.36. The van der Waals surface area contributed by atoms with Gasteiger partial charge >= 0.3 is 0 Å². The summed E-state index contributed by atoms with van der Waals surface area (Å²) in [5.74, 6) is 0.518. The Balaban J connectivity index is 1.53. The zero-order valence-electron chi connectivity index (χ0n) is 12.3. The zero-order chi connectivity index (χ0) is 14.7. The van der Waals surface area contributed by atoms with E-state index in [1.807, 2.05) is 11.4 Å². The lowest BCUT2D eigenvalue weighted by atomic mass is 9.90. The van der Waals surface area contributed by atoms with Crippen molar-refractivity contribution < 1.29 is 8.42 Å². The summed E-state index contributed by atoms with van der Waals surface area (Å²) >= 11 is 1.32. The SMILES string of the molecule is O=S(=O)(NCC1CCCCC1)c1cc(CNC2CC2)cs1. The van der Waals surface area contributed by atoms with Gasteiger partial charge in [-0.15, -0.1) is 11.3 Å². The Morgan fingerprint density at radius 1 is 1.14 bits per heavy atom. The molecule has 3 rings (SSSR count). The second-order valence-corrected chi connectivity index (χ2v) is 9.19. The van der Waals surface area contributed by atoms with Crippen molar-refractivity contribution in [3.05, 3.63) is 17.0 Å². The van der Waals surface area contributed by atoms with E-state index in [1.165, 1.54) is 43.4 Å². The monoisotopic (exact) mass is 328 g/mol. The van der Waals surface area contributed by atoms with E-state index in [0.717, 1.165) is 24.9 Å². The summed E-state index contributed by atoms with van der Waals surface area (Å²) in [4.78, 5) is 0. The molecule has 1 aromatic rings. The van der Waals surface area contributed by atoms with Crippen LogP contribution in [0.2, 0.25) is 0 Å². The van der Waals surface area contributed by atoms with E-state index in [2.05, 4.69) is 10.0 Å². The van der Waals surface area contributed by atoms with Crippen LogP contribution in [0.25, 0.3) is 0 Å². The van der Waals surface area contributed by atoms with Gasteiger partial charge in [0.15, 0.2) is 0 Å². The normalized spacial score (nSPS) is 20.8. The van der Waals surface area contributed by atoms with Crippen LogP contribution >= 0.6 is 11.3 Å². The summed E-state index contributed by atoms with van der Waals surface area (Å²) in [6.07, 6.45) is 8.58. The van der Waals surface area contributed by atoms with Gasteiger partial charge in [0, 0.05) is 19.1 Å². The van der Waals surface area contributed by atoms with Crippen LogP contribution in [0, 0.1) is 5.92 Å². The number of hydrogen-bond acceptors (Lipinski definition) is 4. The van der Waals surface area contributed by atoms with Crippen molar-refractivity contribution in [1.82, 2.24) is 10.0 Å². The van der Waals surface area contributed by atoms with Crippen molar-refractivity contribution in [2.75, 3.05) is 6.54 Å². The Morgan fingerprint density at radius 2 is 1.90 bits per heavy atom. The molecule has 0 aromatic carbocycles. The highest BCUT2D eigenvalue weighted by atomic mass is 32.2. The molecule has 2 saturated carbocycles. The third kappa shape index (κ3) is 4.52. The molecule has 6 heteroatoms. The van der Waals surface area contributed by atoms with Gasteiger partial charge in [0.25, 0.3) is 0 Å². The quantitative estimate of drug-likeness (QED) is 0.809. The van der Waals surface area contributed by atoms with Crippen LogP contribution in [-0.4, -0.2) is 21.0 Å². The first kappa shape index (κ1) is 15.5. The molecule has 118 valence electrons. The third-order valence-corrected chi connectivity index (χ3v) is 7.27. The van der Waals surface area contributed by atoms with Crippen molar-refractivity contribution >= 4 is 21.4 Å². The highest BCUT2D eigenvalue weighted by molar-refractivity contribution is 7.91. The van der Waals surface area contributed by atoms with Crippen molar-refractivity contribution in [3.8, 4) is 0 Å². The van der Waals surface area contributed by atoms with Crippen LogP contribution in [-0.2, 0) is 16.6 Å². The predicted molar refractivity (Wildman–Crippen MR) is 85.9 cm³/mol. The molecule has 0 bridgehead atoms. The highest BCUT2D eigenvalue weighted by Crippen LogP contribution is 2.25. The molecule has 2 N–H and O–H groups in total. The second kappa shape index (κ2) is 6.77. The third-order valence-electron chi connectivity index (χ3n) is 4.35. The molecule has 1 heterocycles. The van der Waals surface area contributed by atoms with E-state index in [4.69, 9.17) is 0 Å². The van der Waals surface area contributed by atoms with Crippen molar-refractivity contribution in [1.29, 1.82) is 0 Å². The fourth-order valence-electron chi connectivity index (χ4n) is 2.83. The van der Waals surface area contributed by atoms with E-state index in [-0.39, 0.29) is 0 Å². The molecule has 0 spiro atoms. The predicted octanol–water partition coefficient (Wildman–Crippen LogP) is 2.86. The molecule has 21 heavy (non-hydrogen) atoms. The van der Waals surface area contributed by atoms with Crippen molar-refractivity contribution in [2.45, 2.75) is 61.7 Å². The Kier molecular flexibility index (Phi) is 4.99. The minimum atomic E-state index is -3.32. The fraction of sp³-hybridized carbons (Fsp3) is 0.733. The van der Waals surface area contributed by atoms with Gasteiger partial charge in [-0.3, -0.25) is 0 Å². The molecule has 0 amide bonds. The standard InChI is InChI=1S/C15H24N2O2S2/c18-21(19,17-10-12-4-2-1-3-5-12)15-8-13(11-20-15)9-16-14-6-7-14/h8,11-12,14,16-17H,1-7,9-10H2. The number of rotatable bonds is 7. The van der Waals surface area contributed by atoms with E-state index in [0.29, 0.717) is 22.7 Å². The average molecular weight is 329 g/mol. The first-order valence-corrected chi connectivity index (χ1v) is 10.3. The molecule has 0 aliphatic heterocycles. The van der Waals surface area contributed by atoms with Crippen molar-refractivity contribution in [3.63, 3.8) is 0 Å². The first-order chi connectivity index (χ1) is 10.1. The number of sulfonamides is 1. The van der Waals surface area contributed by atoms with E-state index in [9.17, 15) is 8.42 Å². The maximum absolute atomic E-state index is 12.3. The van der Waals surface area contributed by atoms with Crippen LogP contribution < -0.4 is 10.0 Å². The zero-order valence-corrected chi connectivity index (χ0v) is 13.9. The second-order valence-electron chi connectivity index (χ2n) is 6.29. The molecule has 2 aliphatic rings. The molecular weight excluding hydrogens is 304 g/mol. The van der Waals surface area contributed by atoms with Crippen LogP contribution in [0.5, 0.6) is 0 Å². The Bertz CT molecular complexity index is 558. The maximum atomic E-state index is 12.3. The van der Waals surface area contributed by atoms with Gasteiger partial charge in [-0.2, -0.15) is 0 Å². The molecule has 0 saturated heterocycles. The minimum absolute atomic E-state index is 0.450. The highest BCUT2D eigenvalue weighted by Gasteiger charge is 2.22. The lowest BCUT2D eigenvalue weighted by Gasteiger charge is -2.21. The lowest BCUT2D eigenvalue weighted by molar-refractivity contribution is 0.357. The number of hydrogen-bond donors (Lipinski definition) is 2. The van der Waals surface area contributed by atoms with Crippen LogP contribution in [0.3, 0.4) is 0 Å². The van der Waals surface area contributed by atoms with Gasteiger partial charge in [-0.05, 0) is 48.6 Å². The van der Waals surface area contributed by atoms with Gasteiger partial charge in [0.1, 0.15) is 4.21 Å². The lowest BCUT2D eigenvalue weighted by Crippen LogP contribution is -2.29. The van der Waals surface area contributed by atoms with Gasteiger partial charge in [-0.25, -0.2) is 13.1 Å². The molecule has 0 unspecified atom stereocenters. The molecule has 1 aromatic heterocycles. The van der Waals surface area contributed by atoms with Crippen molar-refractivity contribution in [2.24, 2.45) is 5.92 Å². The molecule has 2 fully saturated rings. The van der Waals surface area contributed by atoms with Gasteiger partial charge in [0.2, 0.25) is 10.0 Å². The summed E-state index contributed by atoms with van der Waals surface area (Å²) in [5.41, 5.74) is 1.07. The number of nitrogens with one attached hydrogen (secondary N) is 2. The average Bonchev–Trinajstić information content (AvgIpc) is 3.20. The molecular formula is C15H24N2O2S2. The van der Waals surface area contributed by atoms with E-state index >= 15 is 0 Å². The van der Waals surface area contributed by atoms with E-state index in [1.54, 1.807) is 0 Å². The van der Waals surface area contributed by atoms with Gasteiger partial charge < -0.3 is 5.32 Å². The summed E-state index contributed by atoms with van der Waals surface area (Å²) in [6.45, 7) is 1.37. The summed E-state index contributed by atoms with van der Waals surface area (Å²) in [6, 6.07) is 2.46. The molecule has 4 nitrogen and oxygen atoms in total. The fourth-order valence-corrected chi connectivity index (χ4v) is 5.20. The topological polar surface area (TPSA) is 58.2 Å². The summed E-state index contributed by atoms with van der Waals surface area (Å²) in [7, 11) is -3.32. The molecule has 0 radical (unpaired) electrons. The minimum Gasteiger partial charge on any atom is -0.310 e. The first-order valence-electron chi connectivity index (χ1n) is 7.94. The smallest absolute Gasteiger partial charge is 0.250 e. The van der Waals surface area contributed by atoms with E-state index < -0.39 is 10.0 Å². The van der Waals surface area contributed by atoms with Crippen LogP contribution in [0.15, 0.2) is 15.7 Å². The Hall–Kier alpha value is -0.430.